The molecule has 148 valence electrons. The molecular formula is C18H19N3O5S2. The Hall–Kier alpha value is -2.85. The van der Waals surface area contributed by atoms with E-state index in [2.05, 4.69) is 10.6 Å². The van der Waals surface area contributed by atoms with Crippen LogP contribution in [0, 0.1) is 16.0 Å². The molecular weight excluding hydrogens is 402 g/mol. The molecule has 2 rings (SSSR count). The van der Waals surface area contributed by atoms with Gasteiger partial charge >= 0.3 is 5.97 Å². The number of rotatable bonds is 6. The van der Waals surface area contributed by atoms with Gasteiger partial charge in [-0.3, -0.25) is 14.9 Å². The van der Waals surface area contributed by atoms with Gasteiger partial charge < -0.3 is 15.4 Å². The zero-order valence-electron chi connectivity index (χ0n) is 15.5. The lowest BCUT2D eigenvalue weighted by Gasteiger charge is -2.12. The lowest BCUT2D eigenvalue weighted by molar-refractivity contribution is -0.384. The number of thiocarbonyl (C=S) groups is 1. The maximum Gasteiger partial charge on any atom is 0.341 e. The quantitative estimate of drug-likeness (QED) is 0.314. The minimum absolute atomic E-state index is 0.0525. The van der Waals surface area contributed by atoms with Crippen LogP contribution in [-0.2, 0) is 9.53 Å². The summed E-state index contributed by atoms with van der Waals surface area (Å²) >= 11 is 6.33. The Morgan fingerprint density at radius 2 is 2.07 bits per heavy atom. The fraction of sp³-hybridized carbons (Fsp3) is 0.278. The molecule has 0 bridgehead atoms. The van der Waals surface area contributed by atoms with E-state index in [0.29, 0.717) is 16.1 Å². The largest absolute Gasteiger partial charge is 0.462 e. The molecule has 28 heavy (non-hydrogen) atoms. The van der Waals surface area contributed by atoms with Crippen molar-refractivity contribution in [3.05, 3.63) is 45.3 Å². The number of carbonyl (C=O) groups is 2. The van der Waals surface area contributed by atoms with Crippen LogP contribution in [0.25, 0.3) is 11.1 Å². The van der Waals surface area contributed by atoms with E-state index in [1.807, 2.05) is 0 Å². The summed E-state index contributed by atoms with van der Waals surface area (Å²) in [4.78, 5) is 34.9. The zero-order valence-corrected chi connectivity index (χ0v) is 17.1. The molecule has 0 aliphatic carbocycles. The first kappa shape index (κ1) is 21.5. The van der Waals surface area contributed by atoms with Gasteiger partial charge in [-0.15, -0.1) is 11.3 Å². The summed E-state index contributed by atoms with van der Waals surface area (Å²) in [5.74, 6) is -1.11. The Balaban J connectivity index is 2.41. The molecule has 1 heterocycles. The van der Waals surface area contributed by atoms with Gasteiger partial charge in [0.05, 0.1) is 11.5 Å². The van der Waals surface area contributed by atoms with E-state index >= 15 is 0 Å². The van der Waals surface area contributed by atoms with Crippen molar-refractivity contribution in [3.63, 3.8) is 0 Å². The molecule has 0 aliphatic rings. The van der Waals surface area contributed by atoms with Gasteiger partial charge in [0, 0.05) is 29.0 Å². The topological polar surface area (TPSA) is 111 Å². The molecule has 1 aromatic carbocycles. The first-order valence-corrected chi connectivity index (χ1v) is 9.68. The summed E-state index contributed by atoms with van der Waals surface area (Å²) < 4.78 is 5.13. The number of hydrogen-bond acceptors (Lipinski definition) is 7. The summed E-state index contributed by atoms with van der Waals surface area (Å²) in [6, 6.07) is 5.96. The van der Waals surface area contributed by atoms with E-state index in [1.165, 1.54) is 23.5 Å². The molecule has 2 aromatic rings. The number of amides is 1. The first-order chi connectivity index (χ1) is 13.2. The van der Waals surface area contributed by atoms with Gasteiger partial charge in [-0.25, -0.2) is 4.79 Å². The normalized spacial score (nSPS) is 10.4. The number of non-ortho nitro benzene ring substituents is 1. The number of ether oxygens (including phenoxy) is 1. The fourth-order valence-corrected chi connectivity index (χ4v) is 3.47. The van der Waals surface area contributed by atoms with Gasteiger partial charge in [-0.2, -0.15) is 0 Å². The minimum atomic E-state index is -0.592. The SMILES string of the molecule is CCOC(=O)c1c(-c2cccc([N+](=O)[O-])c2)csc1NC(=S)NC(=O)C(C)C. The summed E-state index contributed by atoms with van der Waals surface area (Å²) in [5, 5.41) is 18.6. The number of esters is 1. The van der Waals surface area contributed by atoms with Crippen LogP contribution < -0.4 is 10.6 Å². The molecule has 0 saturated heterocycles. The van der Waals surface area contributed by atoms with Crippen molar-refractivity contribution in [1.82, 2.24) is 5.32 Å². The Kier molecular flexibility index (Phi) is 7.18. The maximum absolute atomic E-state index is 12.5. The first-order valence-electron chi connectivity index (χ1n) is 8.39. The van der Waals surface area contributed by atoms with E-state index in [1.54, 1.807) is 38.3 Å². The molecule has 2 N–H and O–H groups in total. The number of anilines is 1. The monoisotopic (exact) mass is 421 g/mol. The highest BCUT2D eigenvalue weighted by Gasteiger charge is 2.23. The van der Waals surface area contributed by atoms with Crippen molar-refractivity contribution in [1.29, 1.82) is 0 Å². The van der Waals surface area contributed by atoms with E-state index in [0.717, 1.165) is 0 Å². The van der Waals surface area contributed by atoms with E-state index < -0.39 is 10.9 Å². The summed E-state index contributed by atoms with van der Waals surface area (Å²) in [5.41, 5.74) is 1.09. The van der Waals surface area contributed by atoms with Crippen LogP contribution in [0.4, 0.5) is 10.7 Å². The number of benzene rings is 1. The van der Waals surface area contributed by atoms with Crippen molar-refractivity contribution in [2.24, 2.45) is 5.92 Å². The fourth-order valence-electron chi connectivity index (χ4n) is 2.25. The standard InChI is InChI=1S/C18H19N3O5S2/c1-4-26-17(23)14-13(11-6-5-7-12(8-11)21(24)25)9-28-16(14)20-18(27)19-15(22)10(2)3/h5-10H,4H2,1-3H3,(H2,19,20,22,27). The average Bonchev–Trinajstić information content (AvgIpc) is 3.05. The summed E-state index contributed by atoms with van der Waals surface area (Å²) in [6.07, 6.45) is 0. The lowest BCUT2D eigenvalue weighted by Crippen LogP contribution is -2.36. The molecule has 0 aliphatic heterocycles. The van der Waals surface area contributed by atoms with Gasteiger partial charge in [0.1, 0.15) is 10.6 Å². The predicted octanol–water partition coefficient (Wildman–Crippen LogP) is 3.97. The highest BCUT2D eigenvalue weighted by Crippen LogP contribution is 2.37. The average molecular weight is 422 g/mol. The van der Waals surface area contributed by atoms with Crippen LogP contribution in [0.3, 0.4) is 0 Å². The molecule has 1 aromatic heterocycles. The van der Waals surface area contributed by atoms with Crippen molar-refractivity contribution >= 4 is 51.2 Å². The number of nitro groups is 1. The van der Waals surface area contributed by atoms with Crippen LogP contribution in [0.5, 0.6) is 0 Å². The maximum atomic E-state index is 12.5. The number of carbonyl (C=O) groups excluding carboxylic acids is 2. The number of nitrogens with zero attached hydrogens (tertiary/aromatic N) is 1. The van der Waals surface area contributed by atoms with Gasteiger partial charge in [0.2, 0.25) is 5.91 Å². The molecule has 8 nitrogen and oxygen atoms in total. The third-order valence-electron chi connectivity index (χ3n) is 3.63. The van der Waals surface area contributed by atoms with Crippen molar-refractivity contribution in [2.75, 3.05) is 11.9 Å². The van der Waals surface area contributed by atoms with Gasteiger partial charge in [0.25, 0.3) is 5.69 Å². The number of nitro benzene ring substituents is 1. The highest BCUT2D eigenvalue weighted by atomic mass is 32.1. The van der Waals surface area contributed by atoms with E-state index in [9.17, 15) is 19.7 Å². The van der Waals surface area contributed by atoms with Crippen molar-refractivity contribution in [2.45, 2.75) is 20.8 Å². The third-order valence-corrected chi connectivity index (χ3v) is 4.73. The molecule has 0 atom stereocenters. The van der Waals surface area contributed by atoms with Crippen LogP contribution >= 0.6 is 23.6 Å². The Bertz CT molecular complexity index is 924. The lowest BCUT2D eigenvalue weighted by atomic mass is 10.0. The molecule has 0 radical (unpaired) electrons. The number of thiophene rings is 1. The minimum Gasteiger partial charge on any atom is -0.462 e. The van der Waals surface area contributed by atoms with Gasteiger partial charge in [-0.1, -0.05) is 26.0 Å². The van der Waals surface area contributed by atoms with Crippen LogP contribution in [0.15, 0.2) is 29.6 Å². The van der Waals surface area contributed by atoms with Crippen LogP contribution in [-0.4, -0.2) is 28.5 Å². The second-order valence-electron chi connectivity index (χ2n) is 5.98. The Morgan fingerprint density at radius 1 is 1.36 bits per heavy atom. The molecule has 0 fully saturated rings. The molecule has 0 saturated carbocycles. The highest BCUT2D eigenvalue weighted by molar-refractivity contribution is 7.80. The molecule has 1 amide bonds. The van der Waals surface area contributed by atoms with Gasteiger partial charge in [0.15, 0.2) is 5.11 Å². The molecule has 0 spiro atoms. The Labute approximate surface area is 171 Å². The van der Waals surface area contributed by atoms with Crippen LogP contribution in [0.2, 0.25) is 0 Å². The van der Waals surface area contributed by atoms with E-state index in [-0.39, 0.29) is 34.8 Å². The zero-order chi connectivity index (χ0) is 20.8. The van der Waals surface area contributed by atoms with Crippen molar-refractivity contribution in [3.8, 4) is 11.1 Å². The van der Waals surface area contributed by atoms with E-state index in [4.69, 9.17) is 17.0 Å². The second-order valence-corrected chi connectivity index (χ2v) is 7.27. The predicted molar refractivity (Wildman–Crippen MR) is 112 cm³/mol. The molecule has 10 heteroatoms. The van der Waals surface area contributed by atoms with Gasteiger partial charge in [-0.05, 0) is 24.7 Å². The number of nitrogens with one attached hydrogen (secondary N) is 2. The number of hydrogen-bond donors (Lipinski definition) is 2. The molecule has 0 unspecified atom stereocenters. The second kappa shape index (κ2) is 9.38. The smallest absolute Gasteiger partial charge is 0.341 e. The summed E-state index contributed by atoms with van der Waals surface area (Å²) in [7, 11) is 0. The van der Waals surface area contributed by atoms with Crippen molar-refractivity contribution < 1.29 is 19.2 Å². The van der Waals surface area contributed by atoms with Crippen LogP contribution in [0.1, 0.15) is 31.1 Å². The summed E-state index contributed by atoms with van der Waals surface area (Å²) in [6.45, 7) is 5.30. The third kappa shape index (κ3) is 5.11. The Morgan fingerprint density at radius 3 is 2.68 bits per heavy atom.